The number of pyridine rings is 1. The van der Waals surface area contributed by atoms with E-state index in [2.05, 4.69) is 4.98 Å². The maximum Gasteiger partial charge on any atom is 0.0772 e. The van der Waals surface area contributed by atoms with Crippen LogP contribution in [0.4, 0.5) is 0 Å². The number of nitrogens with two attached hydrogens (primary N) is 1. The molecule has 0 aliphatic carbocycles. The first-order valence-corrected chi connectivity index (χ1v) is 3.79. The van der Waals surface area contributed by atoms with Gasteiger partial charge in [0.25, 0.3) is 0 Å². The highest BCUT2D eigenvalue weighted by Crippen LogP contribution is 1.99. The Morgan fingerprint density at radius 1 is 1.64 bits per heavy atom. The molecule has 0 spiro atoms. The van der Waals surface area contributed by atoms with E-state index in [0.29, 0.717) is 11.4 Å². The summed E-state index contributed by atoms with van der Waals surface area (Å²) in [6.07, 6.45) is 2.44. The van der Waals surface area contributed by atoms with Crippen LogP contribution < -0.4 is 5.73 Å². The Balaban J connectivity index is 2.74. The monoisotopic (exact) mass is 166 g/mol. The fourth-order valence-electron chi connectivity index (χ4n) is 0.804. The third-order valence-corrected chi connectivity index (χ3v) is 1.50. The number of aryl methyl sites for hydroxylation is 1. The fraction of sp³-hybridized carbons (Fsp3) is 0.250. The number of aromatic nitrogens is 1. The second kappa shape index (κ2) is 3.44. The molecule has 0 unspecified atom stereocenters. The van der Waals surface area contributed by atoms with Gasteiger partial charge in [-0.05, 0) is 18.6 Å². The van der Waals surface area contributed by atoms with Gasteiger partial charge < -0.3 is 5.73 Å². The van der Waals surface area contributed by atoms with Gasteiger partial charge in [0.15, 0.2) is 0 Å². The van der Waals surface area contributed by atoms with Crippen LogP contribution in [0.5, 0.6) is 0 Å². The molecule has 0 aliphatic rings. The molecule has 0 aliphatic heterocycles. The first-order chi connectivity index (χ1) is 5.18. The summed E-state index contributed by atoms with van der Waals surface area (Å²) in [4.78, 5) is 4.63. The van der Waals surface area contributed by atoms with E-state index >= 15 is 0 Å². The molecule has 0 fully saturated rings. The van der Waals surface area contributed by atoms with E-state index in [4.69, 9.17) is 18.0 Å². The van der Waals surface area contributed by atoms with Gasteiger partial charge in [0, 0.05) is 18.3 Å². The molecule has 1 rings (SSSR count). The summed E-state index contributed by atoms with van der Waals surface area (Å²) in [5, 5.41) is 0. The molecule has 1 aromatic heterocycles. The molecular weight excluding hydrogens is 156 g/mol. The molecule has 0 saturated heterocycles. The van der Waals surface area contributed by atoms with Gasteiger partial charge in [0.2, 0.25) is 0 Å². The van der Waals surface area contributed by atoms with Crippen LogP contribution in [0.25, 0.3) is 0 Å². The van der Waals surface area contributed by atoms with Crippen molar-refractivity contribution in [3.8, 4) is 0 Å². The van der Waals surface area contributed by atoms with Crippen molar-refractivity contribution in [3.05, 3.63) is 29.6 Å². The predicted molar refractivity (Wildman–Crippen MR) is 49.5 cm³/mol. The standard InChI is InChI=1S/C8H10N2S/c1-6-2-3-7(5-10-6)4-8(9)11/h2-3,5H,4H2,1H3,(H2,9,11). The van der Waals surface area contributed by atoms with Gasteiger partial charge in [-0.1, -0.05) is 18.3 Å². The predicted octanol–water partition coefficient (Wildman–Crippen LogP) is 1.22. The molecule has 0 bridgehead atoms. The van der Waals surface area contributed by atoms with Crippen molar-refractivity contribution in [3.63, 3.8) is 0 Å². The molecule has 58 valence electrons. The second-order valence-corrected chi connectivity index (χ2v) is 2.98. The van der Waals surface area contributed by atoms with E-state index < -0.39 is 0 Å². The number of hydrogen-bond acceptors (Lipinski definition) is 2. The van der Waals surface area contributed by atoms with Gasteiger partial charge in [-0.3, -0.25) is 4.98 Å². The topological polar surface area (TPSA) is 38.9 Å². The van der Waals surface area contributed by atoms with E-state index in [1.807, 2.05) is 19.1 Å². The summed E-state index contributed by atoms with van der Waals surface area (Å²) in [6.45, 7) is 1.95. The zero-order valence-electron chi connectivity index (χ0n) is 6.37. The molecule has 0 saturated carbocycles. The van der Waals surface area contributed by atoms with Gasteiger partial charge in [-0.25, -0.2) is 0 Å². The van der Waals surface area contributed by atoms with Crippen LogP contribution in [0.3, 0.4) is 0 Å². The Hall–Kier alpha value is -0.960. The molecule has 2 nitrogen and oxygen atoms in total. The van der Waals surface area contributed by atoms with E-state index in [9.17, 15) is 0 Å². The lowest BCUT2D eigenvalue weighted by molar-refractivity contribution is 1.15. The molecule has 0 amide bonds. The lowest BCUT2D eigenvalue weighted by Gasteiger charge is -1.97. The molecule has 1 heterocycles. The molecule has 0 atom stereocenters. The fourth-order valence-corrected chi connectivity index (χ4v) is 0.971. The average Bonchev–Trinajstić information content (AvgIpc) is 1.93. The number of nitrogens with zero attached hydrogens (tertiary/aromatic N) is 1. The normalized spacial score (nSPS) is 9.55. The summed E-state index contributed by atoms with van der Waals surface area (Å²) in [7, 11) is 0. The van der Waals surface area contributed by atoms with Crippen molar-refractivity contribution < 1.29 is 0 Å². The highest BCUT2D eigenvalue weighted by molar-refractivity contribution is 7.80. The molecule has 2 N–H and O–H groups in total. The third-order valence-electron chi connectivity index (χ3n) is 1.35. The maximum absolute atomic E-state index is 5.37. The summed E-state index contributed by atoms with van der Waals surface area (Å²) in [5.41, 5.74) is 7.45. The van der Waals surface area contributed by atoms with Crippen molar-refractivity contribution >= 4 is 17.2 Å². The summed E-state index contributed by atoms with van der Waals surface area (Å²) in [5.74, 6) is 0. The van der Waals surface area contributed by atoms with Crippen LogP contribution in [0.15, 0.2) is 18.3 Å². The SMILES string of the molecule is Cc1ccc(CC(N)=S)cn1. The Labute approximate surface area is 71.4 Å². The van der Waals surface area contributed by atoms with E-state index in [-0.39, 0.29) is 0 Å². The molecule has 1 aromatic rings. The van der Waals surface area contributed by atoms with E-state index in [1.165, 1.54) is 0 Å². The highest BCUT2D eigenvalue weighted by atomic mass is 32.1. The van der Waals surface area contributed by atoms with E-state index in [1.54, 1.807) is 6.20 Å². The Bertz CT molecular complexity index is 253. The number of hydrogen-bond donors (Lipinski definition) is 1. The summed E-state index contributed by atoms with van der Waals surface area (Å²) >= 11 is 4.76. The van der Waals surface area contributed by atoms with Gasteiger partial charge >= 0.3 is 0 Å². The van der Waals surface area contributed by atoms with Gasteiger partial charge in [-0.15, -0.1) is 0 Å². The smallest absolute Gasteiger partial charge is 0.0772 e. The lowest BCUT2D eigenvalue weighted by atomic mass is 10.2. The largest absolute Gasteiger partial charge is 0.393 e. The van der Waals surface area contributed by atoms with Crippen LogP contribution in [0, 0.1) is 6.92 Å². The zero-order valence-corrected chi connectivity index (χ0v) is 7.19. The third kappa shape index (κ3) is 2.63. The minimum absolute atomic E-state index is 0.510. The van der Waals surface area contributed by atoms with E-state index in [0.717, 1.165) is 11.3 Å². The van der Waals surface area contributed by atoms with Gasteiger partial charge in [0.05, 0.1) is 4.99 Å². The molecular formula is C8H10N2S. The Kier molecular flexibility index (Phi) is 2.54. The van der Waals surface area contributed by atoms with Crippen molar-refractivity contribution in [1.29, 1.82) is 0 Å². The van der Waals surface area contributed by atoms with Crippen molar-refractivity contribution in [2.75, 3.05) is 0 Å². The van der Waals surface area contributed by atoms with Crippen LogP contribution in [0.2, 0.25) is 0 Å². The lowest BCUT2D eigenvalue weighted by Crippen LogP contribution is -2.11. The van der Waals surface area contributed by atoms with Crippen LogP contribution >= 0.6 is 12.2 Å². The molecule has 3 heteroatoms. The Morgan fingerprint density at radius 3 is 2.82 bits per heavy atom. The average molecular weight is 166 g/mol. The van der Waals surface area contributed by atoms with Crippen LogP contribution in [0.1, 0.15) is 11.3 Å². The van der Waals surface area contributed by atoms with Crippen LogP contribution in [-0.2, 0) is 6.42 Å². The van der Waals surface area contributed by atoms with Crippen molar-refractivity contribution in [1.82, 2.24) is 4.98 Å². The Morgan fingerprint density at radius 2 is 2.36 bits per heavy atom. The molecule has 0 aromatic carbocycles. The maximum atomic E-state index is 5.37. The minimum atomic E-state index is 0.510. The first-order valence-electron chi connectivity index (χ1n) is 3.38. The minimum Gasteiger partial charge on any atom is -0.393 e. The second-order valence-electron chi connectivity index (χ2n) is 2.45. The molecule has 11 heavy (non-hydrogen) atoms. The summed E-state index contributed by atoms with van der Waals surface area (Å²) in [6, 6.07) is 3.94. The van der Waals surface area contributed by atoms with Gasteiger partial charge in [0.1, 0.15) is 0 Å². The quantitative estimate of drug-likeness (QED) is 0.671. The number of thiocarbonyl (C=S) groups is 1. The first kappa shape index (κ1) is 8.14. The van der Waals surface area contributed by atoms with Crippen LogP contribution in [-0.4, -0.2) is 9.97 Å². The van der Waals surface area contributed by atoms with Crippen molar-refractivity contribution in [2.45, 2.75) is 13.3 Å². The van der Waals surface area contributed by atoms with Crippen molar-refractivity contribution in [2.24, 2.45) is 5.73 Å². The summed E-state index contributed by atoms with van der Waals surface area (Å²) < 4.78 is 0. The molecule has 0 radical (unpaired) electrons. The van der Waals surface area contributed by atoms with Gasteiger partial charge in [-0.2, -0.15) is 0 Å². The number of rotatable bonds is 2. The zero-order chi connectivity index (χ0) is 8.27. The highest BCUT2D eigenvalue weighted by Gasteiger charge is 1.93.